The number of likely N-dealkylation sites (tertiary alicyclic amines) is 1. The first-order chi connectivity index (χ1) is 11.3. The average molecular weight is 334 g/mol. The Labute approximate surface area is 140 Å². The molecule has 0 radical (unpaired) electrons. The molecule has 23 heavy (non-hydrogen) atoms. The minimum atomic E-state index is -0.463. The fourth-order valence-electron chi connectivity index (χ4n) is 2.71. The van der Waals surface area contributed by atoms with Crippen LogP contribution in [0.3, 0.4) is 0 Å². The molecule has 0 bridgehead atoms. The number of nitrogens with zero attached hydrogens (tertiary/aromatic N) is 2. The second-order valence-electron chi connectivity index (χ2n) is 5.72. The van der Waals surface area contributed by atoms with Gasteiger partial charge in [0.05, 0.1) is 19.3 Å². The summed E-state index contributed by atoms with van der Waals surface area (Å²) < 4.78 is 11.5. The third kappa shape index (κ3) is 5.28. The van der Waals surface area contributed by atoms with Crippen LogP contribution in [0.5, 0.6) is 5.75 Å². The van der Waals surface area contributed by atoms with Gasteiger partial charge in [0.25, 0.3) is 0 Å². The van der Waals surface area contributed by atoms with E-state index in [0.29, 0.717) is 19.8 Å². The van der Waals surface area contributed by atoms with Crippen LogP contribution in [0.15, 0.2) is 42.0 Å². The highest BCUT2D eigenvalue weighted by Crippen LogP contribution is 2.17. The van der Waals surface area contributed by atoms with Crippen LogP contribution in [0.1, 0.15) is 11.3 Å². The molecule has 0 spiro atoms. The molecule has 1 fully saturated rings. The molecule has 2 unspecified atom stereocenters. The number of pyridine rings is 1. The fraction of sp³-hybridized carbons (Fsp3) is 0.471. The smallest absolute Gasteiger partial charge is 0.122 e. The Hall–Kier alpha value is -1.47. The van der Waals surface area contributed by atoms with Gasteiger partial charge in [-0.1, -0.05) is 6.07 Å². The summed E-state index contributed by atoms with van der Waals surface area (Å²) in [6.07, 6.45) is 4.16. The Balaban J connectivity index is 1.34. The van der Waals surface area contributed by atoms with E-state index in [4.69, 9.17) is 9.47 Å². The second kappa shape index (κ2) is 8.40. The SMILES string of the molecule is OC(COCc1cccs1)CN1CCC(Oc2ccncc2)C1. The molecule has 1 saturated heterocycles. The summed E-state index contributed by atoms with van der Waals surface area (Å²) in [5.41, 5.74) is 0. The van der Waals surface area contributed by atoms with Crippen molar-refractivity contribution >= 4 is 11.3 Å². The minimum absolute atomic E-state index is 0.177. The van der Waals surface area contributed by atoms with Gasteiger partial charge in [0.2, 0.25) is 0 Å². The van der Waals surface area contributed by atoms with Gasteiger partial charge in [-0.05, 0) is 30.0 Å². The van der Waals surface area contributed by atoms with Gasteiger partial charge in [-0.25, -0.2) is 0 Å². The number of aliphatic hydroxyl groups is 1. The van der Waals surface area contributed by atoms with Crippen molar-refractivity contribution in [3.63, 3.8) is 0 Å². The zero-order valence-electron chi connectivity index (χ0n) is 13.0. The van der Waals surface area contributed by atoms with Crippen molar-refractivity contribution in [3.05, 3.63) is 46.9 Å². The van der Waals surface area contributed by atoms with Crippen molar-refractivity contribution in [1.82, 2.24) is 9.88 Å². The van der Waals surface area contributed by atoms with E-state index >= 15 is 0 Å². The van der Waals surface area contributed by atoms with Crippen molar-refractivity contribution in [1.29, 1.82) is 0 Å². The van der Waals surface area contributed by atoms with E-state index in [1.54, 1.807) is 23.7 Å². The van der Waals surface area contributed by atoms with Crippen LogP contribution in [-0.4, -0.2) is 53.4 Å². The maximum Gasteiger partial charge on any atom is 0.122 e. The third-order valence-electron chi connectivity index (χ3n) is 3.79. The van der Waals surface area contributed by atoms with Crippen molar-refractivity contribution in [2.45, 2.75) is 25.2 Å². The molecule has 3 rings (SSSR count). The average Bonchev–Trinajstić information content (AvgIpc) is 3.21. The molecule has 1 aliphatic rings. The van der Waals surface area contributed by atoms with E-state index in [2.05, 4.69) is 9.88 Å². The van der Waals surface area contributed by atoms with Gasteiger partial charge in [0.15, 0.2) is 0 Å². The van der Waals surface area contributed by atoms with Crippen LogP contribution in [0.25, 0.3) is 0 Å². The van der Waals surface area contributed by atoms with Gasteiger partial charge < -0.3 is 14.6 Å². The minimum Gasteiger partial charge on any atom is -0.489 e. The third-order valence-corrected chi connectivity index (χ3v) is 4.64. The molecule has 2 aromatic rings. The lowest BCUT2D eigenvalue weighted by molar-refractivity contribution is 0.0129. The van der Waals surface area contributed by atoms with Crippen LogP contribution < -0.4 is 4.74 Å². The zero-order valence-corrected chi connectivity index (χ0v) is 13.8. The molecule has 0 aromatic carbocycles. The Morgan fingerprint density at radius 1 is 1.35 bits per heavy atom. The molecule has 3 heterocycles. The summed E-state index contributed by atoms with van der Waals surface area (Å²) >= 11 is 1.67. The number of aromatic nitrogens is 1. The summed E-state index contributed by atoms with van der Waals surface area (Å²) in [6, 6.07) is 7.79. The molecular weight excluding hydrogens is 312 g/mol. The molecular formula is C17H22N2O3S. The first-order valence-corrected chi connectivity index (χ1v) is 8.75. The van der Waals surface area contributed by atoms with E-state index in [1.165, 1.54) is 4.88 Å². The number of rotatable bonds is 8. The molecule has 0 saturated carbocycles. The highest BCUT2D eigenvalue weighted by atomic mass is 32.1. The number of aliphatic hydroxyl groups excluding tert-OH is 1. The summed E-state index contributed by atoms with van der Waals surface area (Å²) in [5, 5.41) is 12.1. The predicted octanol–water partition coefficient (Wildman–Crippen LogP) is 2.17. The Morgan fingerprint density at radius 3 is 3.00 bits per heavy atom. The summed E-state index contributed by atoms with van der Waals surface area (Å²) in [6.45, 7) is 3.34. The lowest BCUT2D eigenvalue weighted by Crippen LogP contribution is -2.34. The quantitative estimate of drug-likeness (QED) is 0.802. The summed E-state index contributed by atoms with van der Waals surface area (Å²) in [4.78, 5) is 7.40. The maximum atomic E-state index is 10.1. The lowest BCUT2D eigenvalue weighted by Gasteiger charge is -2.20. The van der Waals surface area contributed by atoms with Crippen molar-refractivity contribution in [3.8, 4) is 5.75 Å². The summed E-state index contributed by atoms with van der Waals surface area (Å²) in [5.74, 6) is 0.853. The van der Waals surface area contributed by atoms with Gasteiger partial charge in [-0.15, -0.1) is 11.3 Å². The highest BCUT2D eigenvalue weighted by Gasteiger charge is 2.25. The number of hydrogen-bond donors (Lipinski definition) is 1. The molecule has 124 valence electrons. The van der Waals surface area contributed by atoms with E-state index in [0.717, 1.165) is 25.3 Å². The van der Waals surface area contributed by atoms with Crippen molar-refractivity contribution in [2.24, 2.45) is 0 Å². The van der Waals surface area contributed by atoms with Gasteiger partial charge in [-0.2, -0.15) is 0 Å². The molecule has 2 atom stereocenters. The van der Waals surface area contributed by atoms with Crippen LogP contribution in [0, 0.1) is 0 Å². The van der Waals surface area contributed by atoms with Gasteiger partial charge in [0, 0.05) is 36.9 Å². The lowest BCUT2D eigenvalue weighted by atomic mass is 10.3. The molecule has 6 heteroatoms. The Morgan fingerprint density at radius 2 is 2.22 bits per heavy atom. The second-order valence-corrected chi connectivity index (χ2v) is 6.75. The molecule has 1 N–H and O–H groups in total. The molecule has 0 amide bonds. The Bertz CT molecular complexity index is 564. The number of hydrogen-bond acceptors (Lipinski definition) is 6. The molecule has 5 nitrogen and oxygen atoms in total. The fourth-order valence-corrected chi connectivity index (χ4v) is 3.35. The molecule has 2 aromatic heterocycles. The first kappa shape index (κ1) is 16.4. The number of ether oxygens (including phenoxy) is 2. The molecule has 0 aliphatic carbocycles. The Kier molecular flexibility index (Phi) is 5.99. The van der Waals surface area contributed by atoms with Crippen LogP contribution >= 0.6 is 11.3 Å². The maximum absolute atomic E-state index is 10.1. The topological polar surface area (TPSA) is 54.8 Å². The van der Waals surface area contributed by atoms with E-state index in [9.17, 15) is 5.11 Å². The number of thiophene rings is 1. The summed E-state index contributed by atoms with van der Waals surface area (Å²) in [7, 11) is 0. The zero-order chi connectivity index (χ0) is 15.9. The monoisotopic (exact) mass is 334 g/mol. The van der Waals surface area contributed by atoms with Gasteiger partial charge in [-0.3, -0.25) is 9.88 Å². The van der Waals surface area contributed by atoms with E-state index in [1.807, 2.05) is 29.6 Å². The largest absolute Gasteiger partial charge is 0.489 e. The van der Waals surface area contributed by atoms with E-state index in [-0.39, 0.29) is 6.10 Å². The van der Waals surface area contributed by atoms with Gasteiger partial charge >= 0.3 is 0 Å². The first-order valence-electron chi connectivity index (χ1n) is 7.87. The van der Waals surface area contributed by atoms with Crippen molar-refractivity contribution in [2.75, 3.05) is 26.2 Å². The predicted molar refractivity (Wildman–Crippen MR) is 89.7 cm³/mol. The van der Waals surface area contributed by atoms with Gasteiger partial charge in [0.1, 0.15) is 11.9 Å². The van der Waals surface area contributed by atoms with Crippen LogP contribution in [-0.2, 0) is 11.3 Å². The van der Waals surface area contributed by atoms with E-state index < -0.39 is 6.10 Å². The van der Waals surface area contributed by atoms with Crippen LogP contribution in [0.2, 0.25) is 0 Å². The molecule has 1 aliphatic heterocycles. The van der Waals surface area contributed by atoms with Crippen molar-refractivity contribution < 1.29 is 14.6 Å². The standard InChI is InChI=1S/C17H22N2O3S/c20-14(12-21-13-17-2-1-9-23-17)10-19-8-5-16(11-19)22-15-3-6-18-7-4-15/h1-4,6-7,9,14,16,20H,5,8,10-13H2. The van der Waals surface area contributed by atoms with Crippen LogP contribution in [0.4, 0.5) is 0 Å². The normalized spacial score (nSPS) is 19.8. The number of β-amino-alcohol motifs (C(OH)–C–C–N with tert-alkyl or cyclic N) is 1. The highest BCUT2D eigenvalue weighted by molar-refractivity contribution is 7.09.